The number of fused-ring (bicyclic) bond motifs is 1. The van der Waals surface area contributed by atoms with Crippen LogP contribution in [0, 0.1) is 0 Å². The van der Waals surface area contributed by atoms with Gasteiger partial charge in [-0.25, -0.2) is 4.79 Å². The average molecular weight is 556 g/mol. The number of aliphatic carboxylic acids is 1. The van der Waals surface area contributed by atoms with Crippen molar-refractivity contribution in [2.75, 3.05) is 14.2 Å². The number of ether oxygens (including phenoxy) is 2. The molecule has 10 nitrogen and oxygen atoms in total. The summed E-state index contributed by atoms with van der Waals surface area (Å²) in [5.74, 6) is -0.203. The minimum Gasteiger partial charge on any atom is -0.504 e. The predicted octanol–water partition coefficient (Wildman–Crippen LogP) is 4.87. The Labute approximate surface area is 235 Å². The molecule has 1 heterocycles. The number of hydrogen-bond donors (Lipinski definition) is 3. The van der Waals surface area contributed by atoms with Crippen LogP contribution in [-0.4, -0.2) is 48.6 Å². The third-order valence-corrected chi connectivity index (χ3v) is 5.64. The van der Waals surface area contributed by atoms with Crippen molar-refractivity contribution in [1.82, 2.24) is 0 Å². The Bertz CT molecular complexity index is 1570. The number of phenolic OH excluding ortho intramolecular Hbond substituents is 2. The summed E-state index contributed by atoms with van der Waals surface area (Å²) < 4.78 is 27.5. The number of rotatable bonds is 11. The maximum absolute atomic E-state index is 12.8. The van der Waals surface area contributed by atoms with Crippen LogP contribution in [0.25, 0.3) is 18.2 Å². The lowest BCUT2D eigenvalue weighted by Crippen LogP contribution is -2.28. The third-order valence-electron chi connectivity index (χ3n) is 5.64. The summed E-state index contributed by atoms with van der Waals surface area (Å²) in [5.41, 5.74) is 1.86. The molecule has 0 bridgehead atoms. The van der Waals surface area contributed by atoms with E-state index in [1.54, 1.807) is 54.6 Å². The van der Waals surface area contributed by atoms with Gasteiger partial charge in [0.15, 0.2) is 28.8 Å². The van der Waals surface area contributed by atoms with Gasteiger partial charge >= 0.3 is 13.3 Å². The summed E-state index contributed by atoms with van der Waals surface area (Å²) in [6.07, 6.45) is 9.69. The van der Waals surface area contributed by atoms with Crippen LogP contribution in [0.3, 0.4) is 0 Å². The van der Waals surface area contributed by atoms with Gasteiger partial charge in [0.1, 0.15) is 17.3 Å². The molecule has 0 atom stereocenters. The van der Waals surface area contributed by atoms with Gasteiger partial charge in [0.2, 0.25) is 0 Å². The summed E-state index contributed by atoms with van der Waals surface area (Å²) in [7, 11) is 1.63. The minimum absolute atomic E-state index is 0.0223. The molecule has 0 saturated heterocycles. The van der Waals surface area contributed by atoms with Crippen molar-refractivity contribution in [2.45, 2.75) is 0 Å². The van der Waals surface area contributed by atoms with Gasteiger partial charge in [-0.3, -0.25) is 4.79 Å². The van der Waals surface area contributed by atoms with Gasteiger partial charge in [0.25, 0.3) is 0 Å². The minimum atomic E-state index is -1.23. The number of allylic oxidation sites excluding steroid dienone is 3. The molecule has 0 spiro atoms. The molecule has 0 aromatic heterocycles. The van der Waals surface area contributed by atoms with Crippen LogP contribution in [0.2, 0.25) is 0 Å². The number of carbonyl (C=O) groups excluding carboxylic acids is 1. The summed E-state index contributed by atoms with van der Waals surface area (Å²) >= 11 is 0. The number of ketones is 1. The smallest absolute Gasteiger partial charge is 0.504 e. The second-order valence-corrected chi connectivity index (χ2v) is 8.50. The highest BCUT2D eigenvalue weighted by Crippen LogP contribution is 2.35. The van der Waals surface area contributed by atoms with Crippen molar-refractivity contribution in [3.63, 3.8) is 0 Å². The Morgan fingerprint density at radius 2 is 1.27 bits per heavy atom. The Morgan fingerprint density at radius 1 is 0.732 bits per heavy atom. The van der Waals surface area contributed by atoms with E-state index in [4.69, 9.17) is 28.5 Å². The maximum atomic E-state index is 12.8. The maximum Gasteiger partial charge on any atom is 0.864 e. The normalized spacial score (nSPS) is 12.8. The number of phenols is 2. The lowest BCUT2D eigenvalue weighted by atomic mass is 10.1. The van der Waals surface area contributed by atoms with Crippen molar-refractivity contribution in [3.8, 4) is 34.5 Å². The first-order valence-electron chi connectivity index (χ1n) is 12.1. The fraction of sp³-hybridized carbons (Fsp3) is 0.0667. The molecule has 4 rings (SSSR count). The van der Waals surface area contributed by atoms with Crippen molar-refractivity contribution in [2.24, 2.45) is 0 Å². The number of carboxylic acids is 1. The molecule has 1 aliphatic heterocycles. The average Bonchev–Trinajstić information content (AvgIpc) is 3.36. The summed E-state index contributed by atoms with van der Waals surface area (Å²) in [6.45, 7) is 0. The van der Waals surface area contributed by atoms with Gasteiger partial charge in [-0.05, 0) is 71.3 Å². The van der Waals surface area contributed by atoms with Crippen molar-refractivity contribution in [1.29, 1.82) is 0 Å². The molecule has 0 aliphatic carbocycles. The topological polar surface area (TPSA) is 141 Å². The van der Waals surface area contributed by atoms with Crippen LogP contribution in [0.1, 0.15) is 16.7 Å². The molecule has 0 radical (unpaired) electrons. The first-order chi connectivity index (χ1) is 19.7. The van der Waals surface area contributed by atoms with E-state index < -0.39 is 19.1 Å². The van der Waals surface area contributed by atoms with Crippen LogP contribution in [0.15, 0.2) is 84.7 Å². The van der Waals surface area contributed by atoms with E-state index in [0.717, 1.165) is 6.08 Å². The Hall–Kier alpha value is -5.58. The number of carboxylic acid groups (broad SMARTS) is 1. The standard InChI is InChI=1S/C30H25BO10/c1-37-27-15-19(5-11-24(27)33)3-9-22(32)18-23(10-4-20-6-12-25(34)28(16-20)38-2)39-31-40-26-13-7-21(8-14-30(35)36)17-29(26)41-31/h3-18,33-34H,1-2H3,(H,35,36)/b9-3+,10-4+,14-8+,23-18-. The zero-order valence-corrected chi connectivity index (χ0v) is 22.0. The van der Waals surface area contributed by atoms with Crippen LogP contribution in [-0.2, 0) is 14.2 Å². The van der Waals surface area contributed by atoms with Gasteiger partial charge in [-0.2, -0.15) is 0 Å². The molecule has 0 amide bonds. The molecular weight excluding hydrogens is 531 g/mol. The fourth-order valence-electron chi connectivity index (χ4n) is 3.64. The monoisotopic (exact) mass is 556 g/mol. The SMILES string of the molecule is COc1cc(/C=C/C(=O)/C=C(/C=C/c2ccc(O)c(OC)c2)OB2Oc3ccc(/C=C/C(=O)O)cc3O2)ccc1O. The fourth-order valence-corrected chi connectivity index (χ4v) is 3.64. The number of aromatic hydroxyl groups is 2. The Kier molecular flexibility index (Phi) is 9.00. The highest BCUT2D eigenvalue weighted by Gasteiger charge is 2.38. The zero-order valence-electron chi connectivity index (χ0n) is 22.0. The highest BCUT2D eigenvalue weighted by atomic mass is 16.8. The quantitative estimate of drug-likeness (QED) is 0.130. The Balaban J connectivity index is 1.55. The zero-order chi connectivity index (χ0) is 29.4. The van der Waals surface area contributed by atoms with Crippen molar-refractivity contribution < 1.29 is 48.3 Å². The lowest BCUT2D eigenvalue weighted by molar-refractivity contribution is -0.131. The molecule has 1 aliphatic rings. The molecule has 0 unspecified atom stereocenters. The molecule has 208 valence electrons. The predicted molar refractivity (Wildman–Crippen MR) is 152 cm³/mol. The highest BCUT2D eigenvalue weighted by molar-refractivity contribution is 6.40. The third kappa shape index (κ3) is 7.73. The number of carbonyl (C=O) groups is 2. The molecule has 3 N–H and O–H groups in total. The molecule has 0 saturated carbocycles. The number of methoxy groups -OCH3 is 2. The number of benzene rings is 3. The lowest BCUT2D eigenvalue weighted by Gasteiger charge is -2.08. The van der Waals surface area contributed by atoms with E-state index in [9.17, 15) is 19.8 Å². The van der Waals surface area contributed by atoms with E-state index in [0.29, 0.717) is 28.2 Å². The van der Waals surface area contributed by atoms with E-state index >= 15 is 0 Å². The summed E-state index contributed by atoms with van der Waals surface area (Å²) in [6, 6.07) is 14.3. The molecule has 11 heteroatoms. The van der Waals surface area contributed by atoms with Crippen LogP contribution < -0.4 is 18.8 Å². The van der Waals surface area contributed by atoms with Crippen molar-refractivity contribution in [3.05, 3.63) is 101 Å². The first kappa shape index (κ1) is 28.4. The van der Waals surface area contributed by atoms with Crippen LogP contribution in [0.4, 0.5) is 0 Å². The van der Waals surface area contributed by atoms with E-state index in [1.807, 2.05) is 0 Å². The molecular formula is C30H25BO10. The largest absolute Gasteiger partial charge is 0.864 e. The van der Waals surface area contributed by atoms with Gasteiger partial charge < -0.3 is 38.8 Å². The summed E-state index contributed by atoms with van der Waals surface area (Å²) in [5, 5.41) is 28.5. The van der Waals surface area contributed by atoms with Gasteiger partial charge in [-0.1, -0.05) is 30.4 Å². The Morgan fingerprint density at radius 3 is 1.88 bits per heavy atom. The van der Waals surface area contributed by atoms with E-state index in [2.05, 4.69) is 0 Å². The molecule has 41 heavy (non-hydrogen) atoms. The second kappa shape index (κ2) is 13.0. The van der Waals surface area contributed by atoms with E-state index in [-0.39, 0.29) is 28.8 Å². The van der Waals surface area contributed by atoms with Crippen molar-refractivity contribution >= 4 is 37.3 Å². The number of hydrogen-bond acceptors (Lipinski definition) is 9. The van der Waals surface area contributed by atoms with Crippen LogP contribution >= 0.6 is 0 Å². The van der Waals surface area contributed by atoms with Gasteiger partial charge in [-0.15, -0.1) is 0 Å². The molecule has 3 aromatic rings. The van der Waals surface area contributed by atoms with Crippen LogP contribution in [0.5, 0.6) is 34.5 Å². The molecule has 3 aromatic carbocycles. The van der Waals surface area contributed by atoms with E-state index in [1.165, 1.54) is 50.7 Å². The van der Waals surface area contributed by atoms with Gasteiger partial charge in [0, 0.05) is 12.2 Å². The van der Waals surface area contributed by atoms with Gasteiger partial charge in [0.05, 0.1) is 14.2 Å². The first-order valence-corrected chi connectivity index (χ1v) is 12.1. The second-order valence-electron chi connectivity index (χ2n) is 8.50. The summed E-state index contributed by atoms with van der Waals surface area (Å²) in [4.78, 5) is 23.6. The molecule has 0 fully saturated rings.